The molecule has 0 unspecified atom stereocenters. The van der Waals surface area contributed by atoms with Crippen LogP contribution in [-0.2, 0) is 11.4 Å². The van der Waals surface area contributed by atoms with Crippen LogP contribution in [0, 0.1) is 11.3 Å². The van der Waals surface area contributed by atoms with Gasteiger partial charge in [-0.1, -0.05) is 35.5 Å². The second-order valence-electron chi connectivity index (χ2n) is 4.05. The highest BCUT2D eigenvalue weighted by Crippen LogP contribution is 2.11. The van der Waals surface area contributed by atoms with Gasteiger partial charge in [0.05, 0.1) is 25.0 Å². The van der Waals surface area contributed by atoms with Gasteiger partial charge in [-0.3, -0.25) is 0 Å². The Kier molecular flexibility index (Phi) is 4.74. The van der Waals surface area contributed by atoms with Crippen molar-refractivity contribution in [3.63, 3.8) is 0 Å². The average molecular weight is 266 g/mol. The summed E-state index contributed by atoms with van der Waals surface area (Å²) in [5.41, 5.74) is 2.31. The number of nitriles is 1. The molecule has 2 aromatic rings. The third-order valence-corrected chi connectivity index (χ3v) is 2.73. The van der Waals surface area contributed by atoms with Crippen molar-refractivity contribution in [1.82, 2.24) is 0 Å². The van der Waals surface area contributed by atoms with E-state index in [-0.39, 0.29) is 6.61 Å². The molecule has 4 nitrogen and oxygen atoms in total. The Bertz CT molecular complexity index is 645. The highest BCUT2D eigenvalue weighted by atomic mass is 16.6. The molecule has 2 aromatic carbocycles. The molecule has 0 atom stereocenters. The van der Waals surface area contributed by atoms with Crippen molar-refractivity contribution in [3.05, 3.63) is 65.2 Å². The van der Waals surface area contributed by atoms with Crippen molar-refractivity contribution >= 4 is 6.21 Å². The molecule has 0 aliphatic heterocycles. The molecule has 0 aliphatic carbocycles. The van der Waals surface area contributed by atoms with Crippen molar-refractivity contribution in [1.29, 1.82) is 5.26 Å². The maximum Gasteiger partial charge on any atom is 0.143 e. The summed E-state index contributed by atoms with van der Waals surface area (Å²) >= 11 is 0. The Labute approximate surface area is 117 Å². The molecule has 0 saturated heterocycles. The van der Waals surface area contributed by atoms with Crippen LogP contribution in [0.2, 0.25) is 0 Å². The second kappa shape index (κ2) is 6.95. The van der Waals surface area contributed by atoms with Gasteiger partial charge in [-0.15, -0.1) is 0 Å². The minimum atomic E-state index is 0.268. The zero-order valence-electron chi connectivity index (χ0n) is 11.1. The Morgan fingerprint density at radius 3 is 2.85 bits per heavy atom. The van der Waals surface area contributed by atoms with E-state index in [1.807, 2.05) is 42.5 Å². The normalized spacial score (nSPS) is 10.2. The molecular formula is C16H14N2O2. The Morgan fingerprint density at radius 2 is 2.05 bits per heavy atom. The summed E-state index contributed by atoms with van der Waals surface area (Å²) in [4.78, 5) is 5.22. The third kappa shape index (κ3) is 3.59. The zero-order chi connectivity index (χ0) is 14.2. The van der Waals surface area contributed by atoms with Gasteiger partial charge < -0.3 is 9.57 Å². The first-order valence-electron chi connectivity index (χ1n) is 6.11. The number of oxime groups is 1. The summed E-state index contributed by atoms with van der Waals surface area (Å²) in [5, 5.41) is 12.9. The molecule has 0 saturated carbocycles. The van der Waals surface area contributed by atoms with Gasteiger partial charge in [0, 0.05) is 5.56 Å². The fourth-order valence-electron chi connectivity index (χ4n) is 1.68. The average Bonchev–Trinajstić information content (AvgIpc) is 2.52. The number of hydrogen-bond acceptors (Lipinski definition) is 4. The lowest BCUT2D eigenvalue weighted by atomic mass is 10.1. The van der Waals surface area contributed by atoms with E-state index in [4.69, 9.17) is 14.8 Å². The van der Waals surface area contributed by atoms with Gasteiger partial charge in [0.15, 0.2) is 0 Å². The number of benzene rings is 2. The van der Waals surface area contributed by atoms with Gasteiger partial charge in [-0.25, -0.2) is 0 Å². The van der Waals surface area contributed by atoms with Crippen LogP contribution in [0.25, 0.3) is 0 Å². The number of hydrogen-bond donors (Lipinski definition) is 0. The van der Waals surface area contributed by atoms with Crippen LogP contribution < -0.4 is 4.74 Å². The zero-order valence-corrected chi connectivity index (χ0v) is 11.1. The number of nitrogens with zero attached hydrogens (tertiary/aromatic N) is 2. The summed E-state index contributed by atoms with van der Waals surface area (Å²) in [6, 6.07) is 16.9. The van der Waals surface area contributed by atoms with E-state index >= 15 is 0 Å². The van der Waals surface area contributed by atoms with Crippen LogP contribution >= 0.6 is 0 Å². The monoisotopic (exact) mass is 266 g/mol. The van der Waals surface area contributed by atoms with Gasteiger partial charge in [0.25, 0.3) is 0 Å². The molecule has 0 N–H and O–H groups in total. The van der Waals surface area contributed by atoms with Crippen molar-refractivity contribution in [2.24, 2.45) is 5.16 Å². The minimum absolute atomic E-state index is 0.268. The van der Waals surface area contributed by atoms with Crippen LogP contribution in [0.1, 0.15) is 16.7 Å². The maximum atomic E-state index is 8.95. The molecule has 0 spiro atoms. The first-order valence-corrected chi connectivity index (χ1v) is 6.11. The van der Waals surface area contributed by atoms with Crippen LogP contribution in [0.4, 0.5) is 0 Å². The number of ether oxygens (including phenoxy) is 1. The summed E-state index contributed by atoms with van der Waals surface area (Å²) in [6.07, 6.45) is 1.61. The number of methoxy groups -OCH3 is 1. The van der Waals surface area contributed by atoms with E-state index in [2.05, 4.69) is 11.2 Å². The molecule has 20 heavy (non-hydrogen) atoms. The first kappa shape index (κ1) is 13.6. The molecule has 0 heterocycles. The van der Waals surface area contributed by atoms with Crippen molar-refractivity contribution < 1.29 is 9.57 Å². The molecule has 4 heteroatoms. The molecule has 0 amide bonds. The maximum absolute atomic E-state index is 8.95. The minimum Gasteiger partial charge on any atom is -0.497 e. The summed E-state index contributed by atoms with van der Waals surface area (Å²) < 4.78 is 5.12. The second-order valence-corrected chi connectivity index (χ2v) is 4.05. The molecule has 0 aromatic heterocycles. The van der Waals surface area contributed by atoms with E-state index in [0.717, 1.165) is 16.9 Å². The van der Waals surface area contributed by atoms with E-state index < -0.39 is 0 Å². The van der Waals surface area contributed by atoms with Crippen molar-refractivity contribution in [3.8, 4) is 11.8 Å². The predicted octanol–water partition coefficient (Wildman–Crippen LogP) is 3.12. The Hall–Kier alpha value is -2.80. The smallest absolute Gasteiger partial charge is 0.143 e. The quantitative estimate of drug-likeness (QED) is 0.617. The van der Waals surface area contributed by atoms with Crippen LogP contribution in [0.5, 0.6) is 5.75 Å². The lowest BCUT2D eigenvalue weighted by molar-refractivity contribution is 0.132. The topological polar surface area (TPSA) is 54.6 Å². The van der Waals surface area contributed by atoms with Crippen LogP contribution in [0.15, 0.2) is 53.7 Å². The molecular weight excluding hydrogens is 252 g/mol. The van der Waals surface area contributed by atoms with Gasteiger partial charge in [0.1, 0.15) is 12.4 Å². The summed E-state index contributed by atoms with van der Waals surface area (Å²) in [5.74, 6) is 0.767. The largest absolute Gasteiger partial charge is 0.497 e. The SMILES string of the molecule is COc1cccc(C=NOCc2ccccc2C#N)c1. The van der Waals surface area contributed by atoms with Gasteiger partial charge in [-0.2, -0.15) is 5.26 Å². The van der Waals surface area contributed by atoms with E-state index in [1.165, 1.54) is 0 Å². The van der Waals surface area contributed by atoms with Crippen molar-refractivity contribution in [2.45, 2.75) is 6.61 Å². The summed E-state index contributed by atoms with van der Waals surface area (Å²) in [6.45, 7) is 0.268. The van der Waals surface area contributed by atoms with Crippen LogP contribution in [-0.4, -0.2) is 13.3 Å². The lowest BCUT2D eigenvalue weighted by Crippen LogP contribution is -1.92. The lowest BCUT2D eigenvalue weighted by Gasteiger charge is -2.02. The Balaban J connectivity index is 1.95. The fraction of sp³-hybridized carbons (Fsp3) is 0.125. The highest BCUT2D eigenvalue weighted by Gasteiger charge is 2.00. The van der Waals surface area contributed by atoms with Gasteiger partial charge >= 0.3 is 0 Å². The predicted molar refractivity (Wildman–Crippen MR) is 76.5 cm³/mol. The fourth-order valence-corrected chi connectivity index (χ4v) is 1.68. The molecule has 0 aliphatic rings. The summed E-state index contributed by atoms with van der Waals surface area (Å²) in [7, 11) is 1.62. The Morgan fingerprint density at radius 1 is 1.20 bits per heavy atom. The molecule has 0 fully saturated rings. The highest BCUT2D eigenvalue weighted by molar-refractivity contribution is 5.79. The molecule has 2 rings (SSSR count). The molecule has 0 radical (unpaired) electrons. The molecule has 100 valence electrons. The van der Waals surface area contributed by atoms with Crippen molar-refractivity contribution in [2.75, 3.05) is 7.11 Å². The van der Waals surface area contributed by atoms with Gasteiger partial charge in [0.2, 0.25) is 0 Å². The first-order chi connectivity index (χ1) is 9.83. The van der Waals surface area contributed by atoms with E-state index in [0.29, 0.717) is 5.56 Å². The van der Waals surface area contributed by atoms with E-state index in [1.54, 1.807) is 19.4 Å². The number of rotatable bonds is 5. The standard InChI is InChI=1S/C16H14N2O2/c1-19-16-8-4-5-13(9-16)11-18-20-12-15-7-3-2-6-14(15)10-17/h2-9,11H,12H2,1H3. The third-order valence-electron chi connectivity index (χ3n) is 2.73. The van der Waals surface area contributed by atoms with Gasteiger partial charge in [-0.05, 0) is 23.8 Å². The molecule has 0 bridgehead atoms. The van der Waals surface area contributed by atoms with E-state index in [9.17, 15) is 0 Å². The van der Waals surface area contributed by atoms with Crippen LogP contribution in [0.3, 0.4) is 0 Å².